The monoisotopic (exact) mass is 411 g/mol. The highest BCUT2D eigenvalue weighted by Gasteiger charge is 2.23. The summed E-state index contributed by atoms with van der Waals surface area (Å²) in [5.41, 5.74) is 6.51. The molecule has 4 rings (SSSR count). The van der Waals surface area contributed by atoms with Crippen molar-refractivity contribution in [2.45, 2.75) is 6.42 Å². The molecule has 0 aliphatic carbocycles. The van der Waals surface area contributed by atoms with Gasteiger partial charge in [0, 0.05) is 22.7 Å². The molecular weight excluding hydrogens is 389 g/mol. The van der Waals surface area contributed by atoms with Gasteiger partial charge in [0.2, 0.25) is 0 Å². The molecule has 0 atom stereocenters. The van der Waals surface area contributed by atoms with Gasteiger partial charge in [-0.15, -0.1) is 12.4 Å². The molecule has 0 spiro atoms. The maximum absolute atomic E-state index is 6.10. The minimum Gasteiger partial charge on any atom is -0.339 e. The first kappa shape index (κ1) is 20.4. The van der Waals surface area contributed by atoms with Crippen LogP contribution in [0.1, 0.15) is 17.5 Å². The van der Waals surface area contributed by atoms with Gasteiger partial charge in [0.25, 0.3) is 0 Å². The van der Waals surface area contributed by atoms with E-state index in [2.05, 4.69) is 52.7 Å². The van der Waals surface area contributed by atoms with Gasteiger partial charge in [-0.3, -0.25) is 0 Å². The van der Waals surface area contributed by atoms with Gasteiger partial charge in [-0.2, -0.15) is 0 Å². The number of nitrogens with one attached hydrogen (secondary N) is 1. The van der Waals surface area contributed by atoms with Crippen molar-refractivity contribution in [3.8, 4) is 0 Å². The largest absolute Gasteiger partial charge is 0.339 e. The molecular formula is C23H23Cl2N3. The average molecular weight is 412 g/mol. The highest BCUT2D eigenvalue weighted by Crippen LogP contribution is 2.40. The zero-order chi connectivity index (χ0) is 18.6. The summed E-state index contributed by atoms with van der Waals surface area (Å²) in [4.78, 5) is 7.46. The normalized spacial score (nSPS) is 12.4. The molecule has 1 aliphatic rings. The third-order valence-corrected chi connectivity index (χ3v) is 5.03. The second-order valence-corrected chi connectivity index (χ2v) is 7.02. The zero-order valence-electron chi connectivity index (χ0n) is 15.7. The van der Waals surface area contributed by atoms with Crippen molar-refractivity contribution in [3.05, 3.63) is 88.9 Å². The summed E-state index contributed by atoms with van der Waals surface area (Å²) in [6.07, 6.45) is 1.05. The predicted molar refractivity (Wildman–Crippen MR) is 122 cm³/mol. The highest BCUT2D eigenvalue weighted by molar-refractivity contribution is 6.30. The smallest absolute Gasteiger partial charge is 0.0874 e. The summed E-state index contributed by atoms with van der Waals surface area (Å²) in [5, 5.41) is 3.97. The molecule has 0 radical (unpaired) electrons. The van der Waals surface area contributed by atoms with E-state index in [4.69, 9.17) is 16.6 Å². The lowest BCUT2D eigenvalue weighted by atomic mass is 10.00. The fourth-order valence-electron chi connectivity index (χ4n) is 3.49. The van der Waals surface area contributed by atoms with Crippen LogP contribution in [0.15, 0.2) is 77.8 Å². The van der Waals surface area contributed by atoms with Crippen LogP contribution in [0.3, 0.4) is 0 Å². The van der Waals surface area contributed by atoms with Crippen LogP contribution in [-0.4, -0.2) is 25.8 Å². The fraction of sp³-hybridized carbons (Fsp3) is 0.174. The number of nitrogens with zero attached hydrogens (tertiary/aromatic N) is 2. The van der Waals surface area contributed by atoms with E-state index in [0.29, 0.717) is 0 Å². The number of fused-ring (bicyclic) bond motifs is 2. The van der Waals surface area contributed by atoms with Gasteiger partial charge in [0.15, 0.2) is 0 Å². The Balaban J connectivity index is 0.00000225. The molecule has 144 valence electrons. The molecule has 0 fully saturated rings. The average Bonchev–Trinajstić information content (AvgIpc) is 2.84. The van der Waals surface area contributed by atoms with Crippen LogP contribution in [-0.2, 0) is 0 Å². The van der Waals surface area contributed by atoms with E-state index in [-0.39, 0.29) is 12.4 Å². The third-order valence-electron chi connectivity index (χ3n) is 4.78. The summed E-state index contributed by atoms with van der Waals surface area (Å²) in [6.45, 7) is 1.91. The van der Waals surface area contributed by atoms with Crippen molar-refractivity contribution in [1.82, 2.24) is 5.32 Å². The van der Waals surface area contributed by atoms with Gasteiger partial charge in [-0.05, 0) is 50.3 Å². The number of aliphatic imine (C=N–C) groups is 1. The molecule has 0 aromatic heterocycles. The molecule has 0 saturated heterocycles. The summed E-state index contributed by atoms with van der Waals surface area (Å²) in [6, 6.07) is 24.8. The molecule has 3 aromatic rings. The van der Waals surface area contributed by atoms with E-state index < -0.39 is 0 Å². The first-order valence-electron chi connectivity index (χ1n) is 9.23. The Kier molecular flexibility index (Phi) is 6.74. The van der Waals surface area contributed by atoms with Gasteiger partial charge >= 0.3 is 0 Å². The number of halogens is 2. The van der Waals surface area contributed by atoms with Gasteiger partial charge in [-0.25, -0.2) is 4.99 Å². The molecule has 0 unspecified atom stereocenters. The Morgan fingerprint density at radius 1 is 0.893 bits per heavy atom. The number of rotatable bonds is 5. The van der Waals surface area contributed by atoms with E-state index in [1.54, 1.807) is 0 Å². The maximum Gasteiger partial charge on any atom is 0.0874 e. The van der Waals surface area contributed by atoms with Crippen molar-refractivity contribution in [1.29, 1.82) is 0 Å². The molecule has 3 aromatic carbocycles. The Hall–Kier alpha value is -2.33. The molecule has 1 heterocycles. The van der Waals surface area contributed by atoms with E-state index in [9.17, 15) is 0 Å². The summed E-state index contributed by atoms with van der Waals surface area (Å²) in [7, 11) is 1.99. The van der Waals surface area contributed by atoms with Crippen molar-refractivity contribution < 1.29 is 0 Å². The Morgan fingerprint density at radius 2 is 1.57 bits per heavy atom. The molecule has 5 heteroatoms. The summed E-state index contributed by atoms with van der Waals surface area (Å²) < 4.78 is 0. The zero-order valence-corrected chi connectivity index (χ0v) is 17.3. The number of hydrogen-bond acceptors (Lipinski definition) is 3. The standard InChI is InChI=1S/C23H22ClN3.ClH/c1-25-15-6-16-27-21-9-4-2-7-19(21)23(17-11-13-18(24)14-12-17)26-20-8-3-5-10-22(20)27;/h2-5,7-14,25H,6,15-16H2,1H3;1H. The molecule has 28 heavy (non-hydrogen) atoms. The van der Waals surface area contributed by atoms with Crippen LogP contribution in [0, 0.1) is 0 Å². The van der Waals surface area contributed by atoms with Crippen molar-refractivity contribution in [3.63, 3.8) is 0 Å². The lowest BCUT2D eigenvalue weighted by Crippen LogP contribution is -2.23. The van der Waals surface area contributed by atoms with E-state index in [1.165, 1.54) is 5.69 Å². The molecule has 0 amide bonds. The van der Waals surface area contributed by atoms with Crippen molar-refractivity contribution in [2.24, 2.45) is 4.99 Å². The van der Waals surface area contributed by atoms with Gasteiger partial charge in [0.1, 0.15) is 0 Å². The second kappa shape index (κ2) is 9.24. The molecule has 3 nitrogen and oxygen atoms in total. The summed E-state index contributed by atoms with van der Waals surface area (Å²) >= 11 is 6.10. The number of para-hydroxylation sites is 3. The van der Waals surface area contributed by atoms with Crippen LogP contribution in [0.25, 0.3) is 0 Å². The van der Waals surface area contributed by atoms with Crippen LogP contribution in [0.4, 0.5) is 17.1 Å². The third kappa shape index (κ3) is 4.07. The Morgan fingerprint density at radius 3 is 2.32 bits per heavy atom. The van der Waals surface area contributed by atoms with Crippen LogP contribution in [0.5, 0.6) is 0 Å². The lowest BCUT2D eigenvalue weighted by Gasteiger charge is -2.26. The fourth-order valence-corrected chi connectivity index (χ4v) is 3.62. The first-order chi connectivity index (χ1) is 13.3. The SMILES string of the molecule is CNCCCN1c2ccccc2N=C(c2ccc(Cl)cc2)c2ccccc21.Cl. The van der Waals surface area contributed by atoms with Crippen LogP contribution < -0.4 is 10.2 Å². The number of hydrogen-bond donors (Lipinski definition) is 1. The molecule has 0 bridgehead atoms. The molecule has 0 saturated carbocycles. The summed E-state index contributed by atoms with van der Waals surface area (Å²) in [5.74, 6) is 0. The van der Waals surface area contributed by atoms with Crippen molar-refractivity contribution in [2.75, 3.05) is 25.0 Å². The van der Waals surface area contributed by atoms with Gasteiger partial charge in [0.05, 0.1) is 22.8 Å². The van der Waals surface area contributed by atoms with E-state index in [1.807, 2.05) is 37.4 Å². The van der Waals surface area contributed by atoms with Crippen LogP contribution in [0.2, 0.25) is 5.02 Å². The Labute approximate surface area is 177 Å². The van der Waals surface area contributed by atoms with Gasteiger partial charge < -0.3 is 10.2 Å². The van der Waals surface area contributed by atoms with Crippen LogP contribution >= 0.6 is 24.0 Å². The van der Waals surface area contributed by atoms with E-state index >= 15 is 0 Å². The lowest BCUT2D eigenvalue weighted by molar-refractivity contribution is 0.723. The minimum absolute atomic E-state index is 0. The van der Waals surface area contributed by atoms with Gasteiger partial charge in [-0.1, -0.05) is 54.1 Å². The highest BCUT2D eigenvalue weighted by atomic mass is 35.5. The predicted octanol–water partition coefficient (Wildman–Crippen LogP) is 5.99. The topological polar surface area (TPSA) is 27.6 Å². The maximum atomic E-state index is 6.10. The minimum atomic E-state index is 0. The first-order valence-corrected chi connectivity index (χ1v) is 9.61. The van der Waals surface area contributed by atoms with Crippen molar-refractivity contribution >= 4 is 46.8 Å². The second-order valence-electron chi connectivity index (χ2n) is 6.58. The molecule has 1 aliphatic heterocycles. The number of benzene rings is 3. The number of anilines is 2. The quantitative estimate of drug-likeness (QED) is 0.521. The molecule has 1 N–H and O–H groups in total. The van der Waals surface area contributed by atoms with E-state index in [0.717, 1.165) is 52.7 Å². The Bertz CT molecular complexity index is 968.